The Morgan fingerprint density at radius 1 is 1.40 bits per heavy atom. The van der Waals surface area contributed by atoms with Crippen LogP contribution in [0.1, 0.15) is 38.3 Å². The Labute approximate surface area is 127 Å². The predicted molar refractivity (Wildman–Crippen MR) is 85.8 cm³/mol. The van der Waals surface area contributed by atoms with Crippen molar-refractivity contribution in [3.8, 4) is 0 Å². The van der Waals surface area contributed by atoms with E-state index in [0.29, 0.717) is 6.04 Å². The standard InChI is InChI=1S/C16H25ClN2O/c1-4-18-12(2)15-6-5-14(11-16(15)17)19(3)13-7-9-20-10-8-13/h5-6,11-13,18H,4,7-10H2,1-3H3. The number of ether oxygens (including phenoxy) is 1. The average Bonchev–Trinajstić information content (AvgIpc) is 2.47. The molecule has 1 aliphatic heterocycles. The first-order valence-corrected chi connectivity index (χ1v) is 7.84. The monoisotopic (exact) mass is 296 g/mol. The fourth-order valence-electron chi connectivity index (χ4n) is 2.79. The summed E-state index contributed by atoms with van der Waals surface area (Å²) >= 11 is 6.45. The molecule has 0 amide bonds. The summed E-state index contributed by atoms with van der Waals surface area (Å²) in [5, 5.41) is 4.24. The molecular weight excluding hydrogens is 272 g/mol. The summed E-state index contributed by atoms with van der Waals surface area (Å²) in [6, 6.07) is 7.23. The van der Waals surface area contributed by atoms with Gasteiger partial charge in [-0.3, -0.25) is 0 Å². The summed E-state index contributed by atoms with van der Waals surface area (Å²) in [6.07, 6.45) is 2.17. The zero-order chi connectivity index (χ0) is 14.5. The molecule has 1 atom stereocenters. The summed E-state index contributed by atoms with van der Waals surface area (Å²) in [6.45, 7) is 6.92. The SMILES string of the molecule is CCNC(C)c1ccc(N(C)C2CCOCC2)cc1Cl. The number of anilines is 1. The molecule has 112 valence electrons. The fraction of sp³-hybridized carbons (Fsp3) is 0.625. The molecular formula is C16H25ClN2O. The van der Waals surface area contributed by atoms with Gasteiger partial charge in [-0.05, 0) is 44.0 Å². The van der Waals surface area contributed by atoms with Crippen LogP contribution in [0.15, 0.2) is 18.2 Å². The molecule has 1 unspecified atom stereocenters. The lowest BCUT2D eigenvalue weighted by atomic mass is 10.0. The first-order chi connectivity index (χ1) is 9.63. The minimum absolute atomic E-state index is 0.287. The zero-order valence-corrected chi connectivity index (χ0v) is 13.4. The third-order valence-electron chi connectivity index (χ3n) is 4.11. The lowest BCUT2D eigenvalue weighted by Crippen LogP contribution is -2.36. The second kappa shape index (κ2) is 7.30. The first-order valence-electron chi connectivity index (χ1n) is 7.47. The van der Waals surface area contributed by atoms with Crippen molar-refractivity contribution in [3.63, 3.8) is 0 Å². The van der Waals surface area contributed by atoms with Crippen LogP contribution in [0.25, 0.3) is 0 Å². The number of nitrogens with one attached hydrogen (secondary N) is 1. The molecule has 0 spiro atoms. The molecule has 1 heterocycles. The van der Waals surface area contributed by atoms with E-state index in [0.717, 1.165) is 43.2 Å². The van der Waals surface area contributed by atoms with Crippen molar-refractivity contribution < 1.29 is 4.74 Å². The van der Waals surface area contributed by atoms with E-state index in [1.807, 2.05) is 0 Å². The molecule has 0 saturated carbocycles. The summed E-state index contributed by atoms with van der Waals surface area (Å²) in [4.78, 5) is 2.33. The highest BCUT2D eigenvalue weighted by Crippen LogP contribution is 2.29. The van der Waals surface area contributed by atoms with Crippen LogP contribution >= 0.6 is 11.6 Å². The van der Waals surface area contributed by atoms with Gasteiger partial charge in [0.1, 0.15) is 0 Å². The number of hydrogen-bond donors (Lipinski definition) is 1. The lowest BCUT2D eigenvalue weighted by Gasteiger charge is -2.33. The topological polar surface area (TPSA) is 24.5 Å². The molecule has 1 fully saturated rings. The zero-order valence-electron chi connectivity index (χ0n) is 12.7. The van der Waals surface area contributed by atoms with Crippen molar-refractivity contribution >= 4 is 17.3 Å². The normalized spacial score (nSPS) is 18.0. The summed E-state index contributed by atoms with van der Waals surface area (Å²) in [5.41, 5.74) is 2.35. The quantitative estimate of drug-likeness (QED) is 0.898. The third-order valence-corrected chi connectivity index (χ3v) is 4.43. The molecule has 2 rings (SSSR count). The van der Waals surface area contributed by atoms with Gasteiger partial charge < -0.3 is 15.0 Å². The minimum Gasteiger partial charge on any atom is -0.381 e. The van der Waals surface area contributed by atoms with Crippen LogP contribution in [0, 0.1) is 0 Å². The van der Waals surface area contributed by atoms with E-state index >= 15 is 0 Å². The van der Waals surface area contributed by atoms with E-state index in [2.05, 4.69) is 49.3 Å². The molecule has 0 bridgehead atoms. The minimum atomic E-state index is 0.287. The number of hydrogen-bond acceptors (Lipinski definition) is 3. The van der Waals surface area contributed by atoms with Gasteiger partial charge >= 0.3 is 0 Å². The van der Waals surface area contributed by atoms with Crippen molar-refractivity contribution in [1.82, 2.24) is 5.32 Å². The smallest absolute Gasteiger partial charge is 0.0485 e. The Balaban J connectivity index is 2.11. The van der Waals surface area contributed by atoms with Crippen molar-refractivity contribution in [1.29, 1.82) is 0 Å². The van der Waals surface area contributed by atoms with Crippen LogP contribution in [0.4, 0.5) is 5.69 Å². The van der Waals surface area contributed by atoms with Crippen LogP contribution in [-0.2, 0) is 4.74 Å². The largest absolute Gasteiger partial charge is 0.381 e. The van der Waals surface area contributed by atoms with E-state index in [9.17, 15) is 0 Å². The van der Waals surface area contributed by atoms with Crippen molar-refractivity contribution in [2.45, 2.75) is 38.8 Å². The van der Waals surface area contributed by atoms with E-state index in [4.69, 9.17) is 16.3 Å². The van der Waals surface area contributed by atoms with E-state index in [-0.39, 0.29) is 6.04 Å². The molecule has 1 aromatic carbocycles. The van der Waals surface area contributed by atoms with Crippen molar-refractivity contribution in [3.05, 3.63) is 28.8 Å². The van der Waals surface area contributed by atoms with E-state index < -0.39 is 0 Å². The molecule has 1 saturated heterocycles. The lowest BCUT2D eigenvalue weighted by molar-refractivity contribution is 0.0855. The van der Waals surface area contributed by atoms with E-state index in [1.54, 1.807) is 0 Å². The van der Waals surface area contributed by atoms with Crippen LogP contribution in [0.5, 0.6) is 0 Å². The maximum absolute atomic E-state index is 6.45. The first kappa shape index (κ1) is 15.6. The van der Waals surface area contributed by atoms with Crippen LogP contribution in [-0.4, -0.2) is 32.8 Å². The molecule has 1 aliphatic rings. The number of benzene rings is 1. The van der Waals surface area contributed by atoms with Gasteiger partial charge in [-0.2, -0.15) is 0 Å². The van der Waals surface area contributed by atoms with Gasteiger partial charge in [-0.1, -0.05) is 24.6 Å². The molecule has 1 N–H and O–H groups in total. The van der Waals surface area contributed by atoms with E-state index in [1.165, 1.54) is 5.69 Å². The van der Waals surface area contributed by atoms with Crippen molar-refractivity contribution in [2.24, 2.45) is 0 Å². The van der Waals surface area contributed by atoms with Gasteiger partial charge in [0.15, 0.2) is 0 Å². The Hall–Kier alpha value is -0.770. The summed E-state index contributed by atoms with van der Waals surface area (Å²) in [5.74, 6) is 0. The summed E-state index contributed by atoms with van der Waals surface area (Å²) in [7, 11) is 2.15. The maximum Gasteiger partial charge on any atom is 0.0485 e. The highest BCUT2D eigenvalue weighted by molar-refractivity contribution is 6.31. The van der Waals surface area contributed by atoms with Gasteiger partial charge in [-0.15, -0.1) is 0 Å². The van der Waals surface area contributed by atoms with Gasteiger partial charge in [-0.25, -0.2) is 0 Å². The number of rotatable bonds is 5. The Morgan fingerprint density at radius 2 is 2.10 bits per heavy atom. The van der Waals surface area contributed by atoms with Gasteiger partial charge in [0.05, 0.1) is 0 Å². The van der Waals surface area contributed by atoms with Crippen LogP contribution in [0.2, 0.25) is 5.02 Å². The fourth-order valence-corrected chi connectivity index (χ4v) is 3.12. The highest BCUT2D eigenvalue weighted by Gasteiger charge is 2.19. The maximum atomic E-state index is 6.45. The molecule has 3 nitrogen and oxygen atoms in total. The second-order valence-corrected chi connectivity index (χ2v) is 5.85. The van der Waals surface area contributed by atoms with Gasteiger partial charge in [0.25, 0.3) is 0 Å². The number of nitrogens with zero attached hydrogens (tertiary/aromatic N) is 1. The third kappa shape index (κ3) is 3.66. The molecule has 0 radical (unpaired) electrons. The second-order valence-electron chi connectivity index (χ2n) is 5.44. The van der Waals surface area contributed by atoms with Crippen LogP contribution in [0.3, 0.4) is 0 Å². The Kier molecular flexibility index (Phi) is 5.70. The number of halogens is 1. The molecule has 0 aromatic heterocycles. The molecule has 0 aliphatic carbocycles. The Bertz CT molecular complexity index is 432. The van der Waals surface area contributed by atoms with Gasteiger partial charge in [0, 0.05) is 43.1 Å². The Morgan fingerprint density at radius 3 is 2.70 bits per heavy atom. The summed E-state index contributed by atoms with van der Waals surface area (Å²) < 4.78 is 5.43. The van der Waals surface area contributed by atoms with Crippen molar-refractivity contribution in [2.75, 3.05) is 31.7 Å². The molecule has 20 heavy (non-hydrogen) atoms. The molecule has 4 heteroatoms. The van der Waals surface area contributed by atoms with Crippen LogP contribution < -0.4 is 10.2 Å². The average molecular weight is 297 g/mol. The van der Waals surface area contributed by atoms with Gasteiger partial charge in [0.2, 0.25) is 0 Å². The molecule has 1 aromatic rings. The highest BCUT2D eigenvalue weighted by atomic mass is 35.5. The predicted octanol–water partition coefficient (Wildman–Crippen LogP) is 3.63.